The number of nitrogens with zero attached hydrogens (tertiary/aromatic N) is 3. The zero-order valence-corrected chi connectivity index (χ0v) is 8.86. The van der Waals surface area contributed by atoms with Crippen LogP contribution in [0.4, 0.5) is 19.0 Å². The molecule has 2 rings (SSSR count). The summed E-state index contributed by atoms with van der Waals surface area (Å²) in [4.78, 5) is 4.00. The predicted molar refractivity (Wildman–Crippen MR) is 55.9 cm³/mol. The molecule has 7 heteroatoms. The summed E-state index contributed by atoms with van der Waals surface area (Å²) < 4.78 is 39.2. The van der Waals surface area contributed by atoms with Crippen molar-refractivity contribution in [3.8, 4) is 5.82 Å². The Morgan fingerprint density at radius 2 is 2.06 bits per heavy atom. The molecule has 0 atom stereocenters. The molecule has 2 aromatic heterocycles. The number of nitrogens with one attached hydrogen (secondary N) is 1. The summed E-state index contributed by atoms with van der Waals surface area (Å²) in [5.41, 5.74) is -0.762. The van der Waals surface area contributed by atoms with Crippen LogP contribution in [0.3, 0.4) is 0 Å². The topological polar surface area (TPSA) is 42.7 Å². The molecule has 0 aromatic carbocycles. The quantitative estimate of drug-likeness (QED) is 0.878. The summed E-state index contributed by atoms with van der Waals surface area (Å²) in [7, 11) is 1.51. The van der Waals surface area contributed by atoms with Gasteiger partial charge in [0.25, 0.3) is 0 Å². The van der Waals surface area contributed by atoms with E-state index in [4.69, 9.17) is 0 Å². The van der Waals surface area contributed by atoms with E-state index in [0.29, 0.717) is 0 Å². The van der Waals surface area contributed by atoms with Gasteiger partial charge in [-0.2, -0.15) is 18.3 Å². The molecule has 0 saturated carbocycles. The van der Waals surface area contributed by atoms with E-state index < -0.39 is 11.7 Å². The van der Waals surface area contributed by atoms with Gasteiger partial charge in [0.05, 0.1) is 5.56 Å². The molecular formula is C10H9F3N4. The molecule has 0 bridgehead atoms. The first kappa shape index (κ1) is 11.4. The van der Waals surface area contributed by atoms with Crippen molar-refractivity contribution in [3.05, 3.63) is 36.2 Å². The Morgan fingerprint density at radius 3 is 2.59 bits per heavy atom. The first-order valence-electron chi connectivity index (χ1n) is 4.78. The minimum absolute atomic E-state index is 0.120. The highest BCUT2D eigenvalue weighted by molar-refractivity contribution is 5.44. The van der Waals surface area contributed by atoms with E-state index >= 15 is 0 Å². The summed E-state index contributed by atoms with van der Waals surface area (Å²) in [6.07, 6.45) is -1.40. The maximum absolute atomic E-state index is 12.6. The third-order valence-corrected chi connectivity index (χ3v) is 2.13. The van der Waals surface area contributed by atoms with Crippen molar-refractivity contribution in [3.63, 3.8) is 0 Å². The van der Waals surface area contributed by atoms with Crippen LogP contribution in [0.25, 0.3) is 5.82 Å². The second-order valence-electron chi connectivity index (χ2n) is 3.30. The molecule has 0 aliphatic carbocycles. The highest BCUT2D eigenvalue weighted by Crippen LogP contribution is 2.31. The standard InChI is InChI=1S/C10H9F3N4/c1-14-8-5-7(10(11,12)13)6-9(16-8)17-4-2-3-15-17/h2-6H,1H3,(H,14,16). The average Bonchev–Trinajstić information content (AvgIpc) is 2.80. The molecule has 2 aromatic rings. The number of anilines is 1. The van der Waals surface area contributed by atoms with Crippen molar-refractivity contribution >= 4 is 5.82 Å². The lowest BCUT2D eigenvalue weighted by molar-refractivity contribution is -0.137. The third kappa shape index (κ3) is 2.38. The monoisotopic (exact) mass is 242 g/mol. The van der Waals surface area contributed by atoms with Gasteiger partial charge < -0.3 is 5.32 Å². The fraction of sp³-hybridized carbons (Fsp3) is 0.200. The van der Waals surface area contributed by atoms with Crippen molar-refractivity contribution in [1.82, 2.24) is 14.8 Å². The highest BCUT2D eigenvalue weighted by Gasteiger charge is 2.31. The largest absolute Gasteiger partial charge is 0.416 e. The van der Waals surface area contributed by atoms with Crippen LogP contribution < -0.4 is 5.32 Å². The fourth-order valence-electron chi connectivity index (χ4n) is 1.33. The number of halogens is 3. The summed E-state index contributed by atoms with van der Waals surface area (Å²) in [6, 6.07) is 3.52. The number of aromatic nitrogens is 3. The minimum atomic E-state index is -4.41. The first-order valence-corrected chi connectivity index (χ1v) is 4.78. The molecule has 2 heterocycles. The van der Waals surface area contributed by atoms with Crippen LogP contribution >= 0.6 is 0 Å². The van der Waals surface area contributed by atoms with Crippen LogP contribution in [0.5, 0.6) is 0 Å². The van der Waals surface area contributed by atoms with E-state index in [1.54, 1.807) is 6.07 Å². The molecule has 0 unspecified atom stereocenters. The average molecular weight is 242 g/mol. The molecule has 0 radical (unpaired) electrons. The van der Waals surface area contributed by atoms with Crippen molar-refractivity contribution in [2.75, 3.05) is 12.4 Å². The van der Waals surface area contributed by atoms with Gasteiger partial charge in [-0.3, -0.25) is 0 Å². The van der Waals surface area contributed by atoms with Crippen molar-refractivity contribution in [1.29, 1.82) is 0 Å². The maximum Gasteiger partial charge on any atom is 0.416 e. The van der Waals surface area contributed by atoms with Crippen LogP contribution in [-0.2, 0) is 6.18 Å². The number of hydrogen-bond donors (Lipinski definition) is 1. The lowest BCUT2D eigenvalue weighted by atomic mass is 10.2. The van der Waals surface area contributed by atoms with Crippen LogP contribution in [0.2, 0.25) is 0 Å². The molecule has 0 spiro atoms. The van der Waals surface area contributed by atoms with Crippen LogP contribution in [0.15, 0.2) is 30.6 Å². The Bertz CT molecular complexity index is 505. The maximum atomic E-state index is 12.6. The molecule has 90 valence electrons. The zero-order valence-electron chi connectivity index (χ0n) is 8.86. The van der Waals surface area contributed by atoms with E-state index in [1.807, 2.05) is 0 Å². The lowest BCUT2D eigenvalue weighted by Gasteiger charge is -2.11. The Labute approximate surface area is 95.1 Å². The molecule has 1 N–H and O–H groups in total. The van der Waals surface area contributed by atoms with E-state index in [0.717, 1.165) is 12.1 Å². The highest BCUT2D eigenvalue weighted by atomic mass is 19.4. The summed E-state index contributed by atoms with van der Waals surface area (Å²) in [5, 5.41) is 6.43. The second kappa shape index (κ2) is 4.08. The van der Waals surface area contributed by atoms with Gasteiger partial charge >= 0.3 is 6.18 Å². The Kier molecular flexibility index (Phi) is 2.74. The van der Waals surface area contributed by atoms with Crippen LogP contribution in [0.1, 0.15) is 5.56 Å². The summed E-state index contributed by atoms with van der Waals surface area (Å²) in [5.74, 6) is 0.263. The Balaban J connectivity index is 2.54. The van der Waals surface area contributed by atoms with Crippen LogP contribution in [-0.4, -0.2) is 21.8 Å². The molecule has 0 aliphatic rings. The number of hydrogen-bond acceptors (Lipinski definition) is 3. The van der Waals surface area contributed by atoms with E-state index in [2.05, 4.69) is 15.4 Å². The number of pyridine rings is 1. The number of alkyl halides is 3. The van der Waals surface area contributed by atoms with Gasteiger partial charge in [0.2, 0.25) is 0 Å². The first-order chi connectivity index (χ1) is 8.00. The third-order valence-electron chi connectivity index (χ3n) is 2.13. The van der Waals surface area contributed by atoms with Gasteiger partial charge in [0.1, 0.15) is 5.82 Å². The molecule has 4 nitrogen and oxygen atoms in total. The van der Waals surface area contributed by atoms with Crippen molar-refractivity contribution in [2.45, 2.75) is 6.18 Å². The van der Waals surface area contributed by atoms with Gasteiger partial charge in [-0.1, -0.05) is 0 Å². The van der Waals surface area contributed by atoms with Crippen LogP contribution in [0, 0.1) is 0 Å². The molecule has 0 saturated heterocycles. The summed E-state index contributed by atoms with van der Waals surface area (Å²) >= 11 is 0. The fourth-order valence-corrected chi connectivity index (χ4v) is 1.33. The van der Waals surface area contributed by atoms with Gasteiger partial charge in [-0.05, 0) is 18.2 Å². The van der Waals surface area contributed by atoms with Gasteiger partial charge in [-0.25, -0.2) is 9.67 Å². The predicted octanol–water partition coefficient (Wildman–Crippen LogP) is 2.33. The molecule has 17 heavy (non-hydrogen) atoms. The molecule has 0 aliphatic heterocycles. The van der Waals surface area contributed by atoms with Gasteiger partial charge in [0.15, 0.2) is 5.82 Å². The van der Waals surface area contributed by atoms with Crippen molar-refractivity contribution < 1.29 is 13.2 Å². The van der Waals surface area contributed by atoms with E-state index in [-0.39, 0.29) is 11.6 Å². The smallest absolute Gasteiger partial charge is 0.373 e. The zero-order chi connectivity index (χ0) is 12.5. The number of rotatable bonds is 2. The minimum Gasteiger partial charge on any atom is -0.373 e. The SMILES string of the molecule is CNc1cc(C(F)(F)F)cc(-n2cccn2)n1. The van der Waals surface area contributed by atoms with E-state index in [1.165, 1.54) is 24.1 Å². The van der Waals surface area contributed by atoms with E-state index in [9.17, 15) is 13.2 Å². The summed E-state index contributed by atoms with van der Waals surface area (Å²) in [6.45, 7) is 0. The molecule has 0 amide bonds. The normalized spacial score (nSPS) is 11.5. The molecule has 0 fully saturated rings. The van der Waals surface area contributed by atoms with Crippen molar-refractivity contribution in [2.24, 2.45) is 0 Å². The molecular weight excluding hydrogens is 233 g/mol. The van der Waals surface area contributed by atoms with Gasteiger partial charge in [-0.15, -0.1) is 0 Å². The Morgan fingerprint density at radius 1 is 1.29 bits per heavy atom. The Hall–Kier alpha value is -2.05. The lowest BCUT2D eigenvalue weighted by Crippen LogP contribution is -2.09. The second-order valence-corrected chi connectivity index (χ2v) is 3.30. The van der Waals surface area contributed by atoms with Gasteiger partial charge in [0, 0.05) is 19.4 Å².